The highest BCUT2D eigenvalue weighted by Gasteiger charge is 2.23. The summed E-state index contributed by atoms with van der Waals surface area (Å²) in [5.74, 6) is 1.19. The largest absolute Gasteiger partial charge is 0.321 e. The van der Waals surface area contributed by atoms with Gasteiger partial charge in [0.1, 0.15) is 5.78 Å². The minimum atomic E-state index is -0.236. The van der Waals surface area contributed by atoms with E-state index in [2.05, 4.69) is 0 Å². The molecular formula is C11H21NO. The van der Waals surface area contributed by atoms with Crippen molar-refractivity contribution in [3.05, 3.63) is 0 Å². The van der Waals surface area contributed by atoms with Gasteiger partial charge in [-0.3, -0.25) is 4.79 Å². The van der Waals surface area contributed by atoms with Gasteiger partial charge in [-0.15, -0.1) is 0 Å². The van der Waals surface area contributed by atoms with Crippen LogP contribution in [0.5, 0.6) is 0 Å². The van der Waals surface area contributed by atoms with Crippen LogP contribution in [0.15, 0.2) is 0 Å². The van der Waals surface area contributed by atoms with E-state index < -0.39 is 0 Å². The highest BCUT2D eigenvalue weighted by molar-refractivity contribution is 5.84. The van der Waals surface area contributed by atoms with Crippen molar-refractivity contribution in [1.29, 1.82) is 0 Å². The maximum Gasteiger partial charge on any atom is 0.150 e. The van der Waals surface area contributed by atoms with Gasteiger partial charge >= 0.3 is 0 Å². The minimum Gasteiger partial charge on any atom is -0.321 e. The van der Waals surface area contributed by atoms with Gasteiger partial charge in [-0.25, -0.2) is 0 Å². The maximum absolute atomic E-state index is 11.6. The Hall–Kier alpha value is -0.370. The Kier molecular flexibility index (Phi) is 3.91. The molecule has 2 heteroatoms. The number of hydrogen-bond donors (Lipinski definition) is 1. The third kappa shape index (κ3) is 3.11. The second-order valence-electron chi connectivity index (χ2n) is 4.59. The molecule has 76 valence electrons. The highest BCUT2D eigenvalue weighted by Crippen LogP contribution is 2.28. The molecule has 0 amide bonds. The fraction of sp³-hybridized carbons (Fsp3) is 0.909. The van der Waals surface area contributed by atoms with Crippen LogP contribution in [0, 0.1) is 11.8 Å². The second kappa shape index (κ2) is 4.75. The van der Waals surface area contributed by atoms with Crippen molar-refractivity contribution in [2.45, 2.75) is 52.0 Å². The van der Waals surface area contributed by atoms with Crippen molar-refractivity contribution in [3.8, 4) is 0 Å². The molecule has 1 atom stereocenters. The first kappa shape index (κ1) is 10.7. The van der Waals surface area contributed by atoms with Gasteiger partial charge in [-0.2, -0.15) is 0 Å². The Bertz CT molecular complexity index is 171. The van der Waals surface area contributed by atoms with Crippen LogP contribution in [0.1, 0.15) is 46.0 Å². The van der Waals surface area contributed by atoms with E-state index >= 15 is 0 Å². The summed E-state index contributed by atoms with van der Waals surface area (Å²) in [6.45, 7) is 4.02. The molecular weight excluding hydrogens is 162 g/mol. The van der Waals surface area contributed by atoms with Gasteiger partial charge < -0.3 is 5.73 Å². The third-order valence-electron chi connectivity index (χ3n) is 3.05. The fourth-order valence-electron chi connectivity index (χ4n) is 2.01. The molecule has 1 aliphatic carbocycles. The molecule has 0 aromatic heterocycles. The molecule has 0 bridgehead atoms. The van der Waals surface area contributed by atoms with Gasteiger partial charge in [0.05, 0.1) is 6.04 Å². The Morgan fingerprint density at radius 3 is 2.38 bits per heavy atom. The summed E-state index contributed by atoms with van der Waals surface area (Å²) in [5, 5.41) is 0. The van der Waals surface area contributed by atoms with E-state index in [1.165, 1.54) is 25.7 Å². The van der Waals surface area contributed by atoms with Crippen LogP contribution in [0.25, 0.3) is 0 Å². The highest BCUT2D eigenvalue weighted by atomic mass is 16.1. The standard InChI is InChI=1S/C11H21NO/c1-8(2)11(12)10(13)7-9-5-3-4-6-9/h8-9,11H,3-7,12H2,1-2H3/t11-/m0/s1. The van der Waals surface area contributed by atoms with Gasteiger partial charge in [-0.05, 0) is 11.8 Å². The predicted molar refractivity (Wildman–Crippen MR) is 54.4 cm³/mol. The number of Topliss-reactive ketones (excluding diaryl/α,β-unsaturated/α-hetero) is 1. The topological polar surface area (TPSA) is 43.1 Å². The summed E-state index contributed by atoms with van der Waals surface area (Å²) < 4.78 is 0. The maximum atomic E-state index is 11.6. The smallest absolute Gasteiger partial charge is 0.150 e. The van der Waals surface area contributed by atoms with Crippen molar-refractivity contribution < 1.29 is 4.79 Å². The quantitative estimate of drug-likeness (QED) is 0.725. The molecule has 0 heterocycles. The molecule has 1 rings (SSSR count). The van der Waals surface area contributed by atoms with E-state index in [-0.39, 0.29) is 17.7 Å². The molecule has 0 aliphatic heterocycles. The summed E-state index contributed by atoms with van der Waals surface area (Å²) >= 11 is 0. The lowest BCUT2D eigenvalue weighted by Crippen LogP contribution is -2.36. The summed E-state index contributed by atoms with van der Waals surface area (Å²) in [5.41, 5.74) is 5.79. The number of hydrogen-bond acceptors (Lipinski definition) is 2. The van der Waals surface area contributed by atoms with Gasteiger partial charge in [-0.1, -0.05) is 39.5 Å². The zero-order valence-corrected chi connectivity index (χ0v) is 8.75. The molecule has 0 spiro atoms. The lowest BCUT2D eigenvalue weighted by atomic mass is 9.92. The Labute approximate surface area is 80.9 Å². The number of ketones is 1. The van der Waals surface area contributed by atoms with Crippen LogP contribution < -0.4 is 5.73 Å². The lowest BCUT2D eigenvalue weighted by Gasteiger charge is -2.16. The molecule has 2 nitrogen and oxygen atoms in total. The van der Waals surface area contributed by atoms with Crippen molar-refractivity contribution >= 4 is 5.78 Å². The van der Waals surface area contributed by atoms with E-state index in [4.69, 9.17) is 5.73 Å². The number of rotatable bonds is 4. The molecule has 13 heavy (non-hydrogen) atoms. The number of nitrogens with two attached hydrogens (primary N) is 1. The molecule has 0 unspecified atom stereocenters. The van der Waals surface area contributed by atoms with E-state index in [9.17, 15) is 4.79 Å². The van der Waals surface area contributed by atoms with E-state index in [1.54, 1.807) is 0 Å². The van der Waals surface area contributed by atoms with E-state index in [1.807, 2.05) is 13.8 Å². The molecule has 0 saturated heterocycles. The van der Waals surface area contributed by atoms with Crippen molar-refractivity contribution in [3.63, 3.8) is 0 Å². The van der Waals surface area contributed by atoms with Crippen LogP contribution in [0.4, 0.5) is 0 Å². The molecule has 0 aromatic rings. The van der Waals surface area contributed by atoms with Crippen LogP contribution in [0.2, 0.25) is 0 Å². The van der Waals surface area contributed by atoms with Crippen LogP contribution in [-0.4, -0.2) is 11.8 Å². The first-order valence-corrected chi connectivity index (χ1v) is 5.39. The molecule has 1 saturated carbocycles. The summed E-state index contributed by atoms with van der Waals surface area (Å²) in [4.78, 5) is 11.6. The van der Waals surface area contributed by atoms with Gasteiger partial charge in [0, 0.05) is 6.42 Å². The first-order chi connectivity index (χ1) is 6.11. The van der Waals surface area contributed by atoms with Crippen LogP contribution in [0.3, 0.4) is 0 Å². The zero-order chi connectivity index (χ0) is 9.84. The van der Waals surface area contributed by atoms with Crippen LogP contribution >= 0.6 is 0 Å². The molecule has 1 aliphatic rings. The average Bonchev–Trinajstić information content (AvgIpc) is 2.55. The van der Waals surface area contributed by atoms with Crippen LogP contribution in [-0.2, 0) is 4.79 Å². The molecule has 0 radical (unpaired) electrons. The molecule has 2 N–H and O–H groups in total. The summed E-state index contributed by atoms with van der Waals surface area (Å²) in [6, 6.07) is -0.236. The number of carbonyl (C=O) groups is 1. The van der Waals surface area contributed by atoms with Crippen molar-refractivity contribution in [2.24, 2.45) is 17.6 Å². The second-order valence-corrected chi connectivity index (χ2v) is 4.59. The summed E-state index contributed by atoms with van der Waals surface area (Å²) in [7, 11) is 0. The Morgan fingerprint density at radius 2 is 1.92 bits per heavy atom. The normalized spacial score (nSPS) is 20.9. The lowest BCUT2D eigenvalue weighted by molar-refractivity contribution is -0.122. The van der Waals surface area contributed by atoms with E-state index in [0.717, 1.165) is 6.42 Å². The molecule has 1 fully saturated rings. The summed E-state index contributed by atoms with van der Waals surface area (Å²) in [6.07, 6.45) is 5.79. The third-order valence-corrected chi connectivity index (χ3v) is 3.05. The van der Waals surface area contributed by atoms with Gasteiger partial charge in [0.25, 0.3) is 0 Å². The Morgan fingerprint density at radius 1 is 1.38 bits per heavy atom. The van der Waals surface area contributed by atoms with Gasteiger partial charge in [0.15, 0.2) is 0 Å². The van der Waals surface area contributed by atoms with E-state index in [0.29, 0.717) is 5.92 Å². The fourth-order valence-corrected chi connectivity index (χ4v) is 2.01. The average molecular weight is 183 g/mol. The Balaban J connectivity index is 2.31. The van der Waals surface area contributed by atoms with Crippen molar-refractivity contribution in [2.75, 3.05) is 0 Å². The monoisotopic (exact) mass is 183 g/mol. The zero-order valence-electron chi connectivity index (χ0n) is 8.75. The number of carbonyl (C=O) groups excluding carboxylic acids is 1. The van der Waals surface area contributed by atoms with Crippen molar-refractivity contribution in [1.82, 2.24) is 0 Å². The molecule has 0 aromatic carbocycles. The van der Waals surface area contributed by atoms with Gasteiger partial charge in [0.2, 0.25) is 0 Å². The first-order valence-electron chi connectivity index (χ1n) is 5.39. The minimum absolute atomic E-state index is 0.236. The SMILES string of the molecule is CC(C)[C@H](N)C(=O)CC1CCCC1. The predicted octanol–water partition coefficient (Wildman–Crippen LogP) is 2.12.